The van der Waals surface area contributed by atoms with Gasteiger partial charge in [0.15, 0.2) is 0 Å². The Bertz CT molecular complexity index is 578. The Morgan fingerprint density at radius 2 is 2.14 bits per heavy atom. The maximum Gasteiger partial charge on any atom is 0.220 e. The van der Waals surface area contributed by atoms with Crippen LogP contribution >= 0.6 is 11.3 Å². The third kappa shape index (κ3) is 4.90. The number of thiophene rings is 1. The molecule has 0 bridgehead atoms. The number of carbonyl (C=O) groups is 1. The maximum atomic E-state index is 11.8. The minimum atomic E-state index is 0.106. The average Bonchev–Trinajstić information content (AvgIpc) is 2.99. The number of aryl methyl sites for hydroxylation is 2. The highest BCUT2D eigenvalue weighted by atomic mass is 32.1. The van der Waals surface area contributed by atoms with Crippen molar-refractivity contribution in [1.82, 2.24) is 5.32 Å². The SMILES string of the molecule is COc1ccc(C)cc1CCNC(=O)CCc1cccs1. The highest BCUT2D eigenvalue weighted by molar-refractivity contribution is 7.09. The molecule has 0 saturated heterocycles. The van der Waals surface area contributed by atoms with Gasteiger partial charge in [-0.2, -0.15) is 0 Å². The highest BCUT2D eigenvalue weighted by Crippen LogP contribution is 2.19. The Balaban J connectivity index is 1.76. The molecule has 0 atom stereocenters. The predicted octanol–water partition coefficient (Wildman–Crippen LogP) is 3.36. The van der Waals surface area contributed by atoms with Gasteiger partial charge in [0, 0.05) is 17.8 Å². The highest BCUT2D eigenvalue weighted by Gasteiger charge is 2.05. The Morgan fingerprint density at radius 1 is 1.29 bits per heavy atom. The standard InChI is InChI=1S/C17H21NO2S/c1-13-5-7-16(20-2)14(12-13)9-10-18-17(19)8-6-15-4-3-11-21-15/h3-5,7,11-12H,6,8-10H2,1-2H3,(H,18,19). The molecular weight excluding hydrogens is 282 g/mol. The van der Waals surface area contributed by atoms with Crippen molar-refractivity contribution in [2.45, 2.75) is 26.2 Å². The van der Waals surface area contributed by atoms with E-state index >= 15 is 0 Å². The Labute approximate surface area is 130 Å². The first-order valence-electron chi connectivity index (χ1n) is 7.11. The summed E-state index contributed by atoms with van der Waals surface area (Å²) in [5.41, 5.74) is 2.34. The molecule has 2 aromatic rings. The summed E-state index contributed by atoms with van der Waals surface area (Å²) in [7, 11) is 1.67. The van der Waals surface area contributed by atoms with Crippen molar-refractivity contribution in [2.24, 2.45) is 0 Å². The third-order valence-corrected chi connectivity index (χ3v) is 4.27. The quantitative estimate of drug-likeness (QED) is 0.852. The first kappa shape index (κ1) is 15.6. The topological polar surface area (TPSA) is 38.3 Å². The predicted molar refractivity (Wildman–Crippen MR) is 87.1 cm³/mol. The fourth-order valence-corrected chi connectivity index (χ4v) is 2.93. The Hall–Kier alpha value is -1.81. The van der Waals surface area contributed by atoms with Gasteiger partial charge in [-0.3, -0.25) is 4.79 Å². The lowest BCUT2D eigenvalue weighted by molar-refractivity contribution is -0.121. The number of hydrogen-bond donors (Lipinski definition) is 1. The Morgan fingerprint density at radius 3 is 2.86 bits per heavy atom. The third-order valence-electron chi connectivity index (χ3n) is 3.33. The zero-order chi connectivity index (χ0) is 15.1. The molecule has 3 nitrogen and oxygen atoms in total. The molecule has 0 aliphatic heterocycles. The molecule has 1 amide bonds. The number of carbonyl (C=O) groups excluding carboxylic acids is 1. The van der Waals surface area contributed by atoms with E-state index in [1.807, 2.05) is 23.6 Å². The summed E-state index contributed by atoms with van der Waals surface area (Å²) in [4.78, 5) is 13.1. The number of ether oxygens (including phenoxy) is 1. The van der Waals surface area contributed by atoms with Gasteiger partial charge in [-0.15, -0.1) is 11.3 Å². The molecule has 112 valence electrons. The van der Waals surface area contributed by atoms with Crippen molar-refractivity contribution in [3.05, 3.63) is 51.7 Å². The lowest BCUT2D eigenvalue weighted by Gasteiger charge is -2.10. The fraction of sp³-hybridized carbons (Fsp3) is 0.353. The molecule has 1 aromatic heterocycles. The second-order valence-electron chi connectivity index (χ2n) is 4.99. The van der Waals surface area contributed by atoms with E-state index < -0.39 is 0 Å². The number of nitrogens with one attached hydrogen (secondary N) is 1. The molecular formula is C17H21NO2S. The molecule has 0 fully saturated rings. The number of rotatable bonds is 7. The van der Waals surface area contributed by atoms with Crippen LogP contribution in [0.3, 0.4) is 0 Å². The molecule has 1 N–H and O–H groups in total. The molecule has 0 aliphatic rings. The normalized spacial score (nSPS) is 10.4. The molecule has 0 spiro atoms. The molecule has 0 unspecified atom stereocenters. The van der Waals surface area contributed by atoms with Gasteiger partial charge >= 0.3 is 0 Å². The smallest absolute Gasteiger partial charge is 0.220 e. The van der Waals surface area contributed by atoms with E-state index in [-0.39, 0.29) is 5.91 Å². The van der Waals surface area contributed by atoms with Crippen LogP contribution in [0.1, 0.15) is 22.4 Å². The van der Waals surface area contributed by atoms with Crippen LogP contribution in [-0.4, -0.2) is 19.6 Å². The van der Waals surface area contributed by atoms with Gasteiger partial charge < -0.3 is 10.1 Å². The second kappa shape index (κ2) is 7.84. The van der Waals surface area contributed by atoms with E-state index in [2.05, 4.69) is 24.4 Å². The number of amides is 1. The van der Waals surface area contributed by atoms with Gasteiger partial charge in [0.25, 0.3) is 0 Å². The molecule has 1 heterocycles. The van der Waals surface area contributed by atoms with Crippen LogP contribution in [-0.2, 0) is 17.6 Å². The molecule has 21 heavy (non-hydrogen) atoms. The summed E-state index contributed by atoms with van der Waals surface area (Å²) in [6.45, 7) is 2.70. The van der Waals surface area contributed by atoms with Crippen molar-refractivity contribution < 1.29 is 9.53 Å². The summed E-state index contributed by atoms with van der Waals surface area (Å²) in [5.74, 6) is 0.989. The van der Waals surface area contributed by atoms with Crippen LogP contribution in [0, 0.1) is 6.92 Å². The van der Waals surface area contributed by atoms with Gasteiger partial charge in [0.2, 0.25) is 5.91 Å². The fourth-order valence-electron chi connectivity index (χ4n) is 2.22. The van der Waals surface area contributed by atoms with E-state index in [1.54, 1.807) is 18.4 Å². The van der Waals surface area contributed by atoms with Crippen molar-refractivity contribution in [3.63, 3.8) is 0 Å². The van der Waals surface area contributed by atoms with E-state index in [0.29, 0.717) is 13.0 Å². The van der Waals surface area contributed by atoms with E-state index in [9.17, 15) is 4.79 Å². The average molecular weight is 303 g/mol. The van der Waals surface area contributed by atoms with E-state index in [0.717, 1.165) is 24.2 Å². The van der Waals surface area contributed by atoms with Crippen LogP contribution in [0.25, 0.3) is 0 Å². The molecule has 0 radical (unpaired) electrons. The van der Waals surface area contributed by atoms with Gasteiger partial charge in [0.1, 0.15) is 5.75 Å². The lowest BCUT2D eigenvalue weighted by Crippen LogP contribution is -2.25. The lowest BCUT2D eigenvalue weighted by atomic mass is 10.1. The summed E-state index contributed by atoms with van der Waals surface area (Å²) in [5, 5.41) is 5.01. The van der Waals surface area contributed by atoms with Gasteiger partial charge in [-0.05, 0) is 42.8 Å². The van der Waals surface area contributed by atoms with Crippen molar-refractivity contribution >= 4 is 17.2 Å². The molecule has 4 heteroatoms. The van der Waals surface area contributed by atoms with Gasteiger partial charge in [-0.25, -0.2) is 0 Å². The zero-order valence-corrected chi connectivity index (χ0v) is 13.3. The van der Waals surface area contributed by atoms with Gasteiger partial charge in [0.05, 0.1) is 7.11 Å². The molecule has 0 saturated carbocycles. The molecule has 1 aromatic carbocycles. The number of hydrogen-bond acceptors (Lipinski definition) is 3. The zero-order valence-electron chi connectivity index (χ0n) is 12.5. The van der Waals surface area contributed by atoms with Crippen LogP contribution in [0.15, 0.2) is 35.7 Å². The van der Waals surface area contributed by atoms with E-state index in [4.69, 9.17) is 4.74 Å². The largest absolute Gasteiger partial charge is 0.496 e. The van der Waals surface area contributed by atoms with Crippen LogP contribution in [0.2, 0.25) is 0 Å². The summed E-state index contributed by atoms with van der Waals surface area (Å²) >= 11 is 1.70. The van der Waals surface area contributed by atoms with Crippen molar-refractivity contribution in [3.8, 4) is 5.75 Å². The van der Waals surface area contributed by atoms with Crippen LogP contribution in [0.4, 0.5) is 0 Å². The minimum Gasteiger partial charge on any atom is -0.496 e. The van der Waals surface area contributed by atoms with E-state index in [1.165, 1.54) is 10.4 Å². The monoisotopic (exact) mass is 303 g/mol. The minimum absolute atomic E-state index is 0.106. The first-order valence-corrected chi connectivity index (χ1v) is 7.99. The molecule has 2 rings (SSSR count). The van der Waals surface area contributed by atoms with Crippen molar-refractivity contribution in [1.29, 1.82) is 0 Å². The first-order chi connectivity index (χ1) is 10.2. The van der Waals surface area contributed by atoms with Crippen LogP contribution in [0.5, 0.6) is 5.75 Å². The summed E-state index contributed by atoms with van der Waals surface area (Å²) in [6, 6.07) is 10.2. The number of benzene rings is 1. The molecule has 0 aliphatic carbocycles. The maximum absolute atomic E-state index is 11.8. The number of methoxy groups -OCH3 is 1. The summed E-state index contributed by atoms with van der Waals surface area (Å²) < 4.78 is 5.34. The second-order valence-corrected chi connectivity index (χ2v) is 6.03. The summed E-state index contributed by atoms with van der Waals surface area (Å²) in [6.07, 6.45) is 2.15. The van der Waals surface area contributed by atoms with Crippen molar-refractivity contribution in [2.75, 3.05) is 13.7 Å². The van der Waals surface area contributed by atoms with Gasteiger partial charge in [-0.1, -0.05) is 23.8 Å². The van der Waals surface area contributed by atoms with Crippen LogP contribution < -0.4 is 10.1 Å². The Kier molecular flexibility index (Phi) is 5.81.